The first-order valence-electron chi connectivity index (χ1n) is 3.88. The van der Waals surface area contributed by atoms with Crippen LogP contribution in [-0.2, 0) is 9.53 Å². The molecule has 0 aromatic carbocycles. The molecule has 2 heterocycles. The molecule has 0 aliphatic carbocycles. The highest BCUT2D eigenvalue weighted by atomic mass is 16.6. The first kappa shape index (κ1) is 7.34. The average molecular weight is 167 g/mol. The summed E-state index contributed by atoms with van der Waals surface area (Å²) >= 11 is 0. The number of carbonyl (C=O) groups excluding carboxylic acids is 2. The van der Waals surface area contributed by atoms with E-state index >= 15 is 0 Å². The zero-order valence-corrected chi connectivity index (χ0v) is 6.69. The van der Waals surface area contributed by atoms with Crippen LogP contribution in [0.1, 0.15) is 13.3 Å². The largest absolute Gasteiger partial charge is 0.444 e. The summed E-state index contributed by atoms with van der Waals surface area (Å²) in [6, 6.07) is -0.0880. The van der Waals surface area contributed by atoms with Gasteiger partial charge in [-0.15, -0.1) is 0 Å². The van der Waals surface area contributed by atoms with Crippen molar-refractivity contribution in [1.82, 2.24) is 4.90 Å². The van der Waals surface area contributed by atoms with E-state index in [2.05, 4.69) is 0 Å². The molecule has 1 amide bonds. The van der Waals surface area contributed by atoms with E-state index in [-0.39, 0.29) is 24.0 Å². The van der Waals surface area contributed by atoms with Crippen LogP contribution in [0.15, 0.2) is 12.3 Å². The SMILES string of the molecule is CC1OC(=O)N2C=CC(=O)CC12. The van der Waals surface area contributed by atoms with Gasteiger partial charge in [-0.3, -0.25) is 9.69 Å². The number of nitrogens with zero attached hydrogens (tertiary/aromatic N) is 1. The lowest BCUT2D eigenvalue weighted by Gasteiger charge is -2.21. The van der Waals surface area contributed by atoms with Gasteiger partial charge in [0.15, 0.2) is 5.78 Å². The third kappa shape index (κ3) is 0.913. The van der Waals surface area contributed by atoms with Gasteiger partial charge in [-0.2, -0.15) is 0 Å². The van der Waals surface area contributed by atoms with Crippen molar-refractivity contribution in [2.24, 2.45) is 0 Å². The number of allylic oxidation sites excluding steroid dienone is 1. The van der Waals surface area contributed by atoms with Crippen LogP contribution in [0.25, 0.3) is 0 Å². The van der Waals surface area contributed by atoms with Crippen LogP contribution in [0, 0.1) is 0 Å². The second-order valence-corrected chi connectivity index (χ2v) is 3.05. The number of fused-ring (bicyclic) bond motifs is 1. The Bertz CT molecular complexity index is 271. The lowest BCUT2D eigenvalue weighted by Crippen LogP contribution is -2.36. The van der Waals surface area contributed by atoms with Gasteiger partial charge in [0, 0.05) is 12.6 Å². The number of amides is 1. The van der Waals surface area contributed by atoms with Crippen molar-refractivity contribution in [3.05, 3.63) is 12.3 Å². The molecule has 2 atom stereocenters. The number of hydrogen-bond acceptors (Lipinski definition) is 3. The van der Waals surface area contributed by atoms with E-state index < -0.39 is 0 Å². The van der Waals surface area contributed by atoms with Gasteiger partial charge >= 0.3 is 6.09 Å². The van der Waals surface area contributed by atoms with Gasteiger partial charge in [-0.1, -0.05) is 0 Å². The molecule has 4 nitrogen and oxygen atoms in total. The molecule has 0 saturated carbocycles. The van der Waals surface area contributed by atoms with E-state index in [1.54, 1.807) is 6.92 Å². The van der Waals surface area contributed by atoms with E-state index in [0.29, 0.717) is 6.42 Å². The first-order valence-corrected chi connectivity index (χ1v) is 3.88. The molecule has 0 aromatic rings. The van der Waals surface area contributed by atoms with Crippen molar-refractivity contribution in [3.8, 4) is 0 Å². The predicted octanol–water partition coefficient (Wildman–Crippen LogP) is 0.682. The summed E-state index contributed by atoms with van der Waals surface area (Å²) in [5, 5.41) is 0. The van der Waals surface area contributed by atoms with Gasteiger partial charge in [0.25, 0.3) is 0 Å². The fraction of sp³-hybridized carbons (Fsp3) is 0.500. The van der Waals surface area contributed by atoms with Crippen LogP contribution in [-0.4, -0.2) is 28.9 Å². The highest BCUT2D eigenvalue weighted by molar-refractivity contribution is 5.92. The molecular weight excluding hydrogens is 158 g/mol. The van der Waals surface area contributed by atoms with Gasteiger partial charge < -0.3 is 4.74 Å². The summed E-state index contributed by atoms with van der Waals surface area (Å²) in [6.07, 6.45) is 2.77. The number of ether oxygens (including phenoxy) is 1. The summed E-state index contributed by atoms with van der Waals surface area (Å²) < 4.78 is 4.94. The van der Waals surface area contributed by atoms with Crippen molar-refractivity contribution in [1.29, 1.82) is 0 Å². The summed E-state index contributed by atoms with van der Waals surface area (Å²) in [7, 11) is 0. The Hall–Kier alpha value is -1.32. The minimum Gasteiger partial charge on any atom is -0.444 e. The zero-order chi connectivity index (χ0) is 8.72. The van der Waals surface area contributed by atoms with Crippen LogP contribution < -0.4 is 0 Å². The monoisotopic (exact) mass is 167 g/mol. The lowest BCUT2D eigenvalue weighted by atomic mass is 10.0. The maximum absolute atomic E-state index is 11.1. The van der Waals surface area contributed by atoms with Crippen molar-refractivity contribution >= 4 is 11.9 Å². The van der Waals surface area contributed by atoms with Gasteiger partial charge in [0.2, 0.25) is 0 Å². The molecule has 4 heteroatoms. The smallest absolute Gasteiger partial charge is 0.414 e. The quantitative estimate of drug-likeness (QED) is 0.533. The number of cyclic esters (lactones) is 1. The Morgan fingerprint density at radius 2 is 2.33 bits per heavy atom. The number of ketones is 1. The lowest BCUT2D eigenvalue weighted by molar-refractivity contribution is -0.116. The highest BCUT2D eigenvalue weighted by Crippen LogP contribution is 2.25. The zero-order valence-electron chi connectivity index (χ0n) is 6.69. The van der Waals surface area contributed by atoms with E-state index in [1.165, 1.54) is 17.2 Å². The molecular formula is C8H9NO3. The minimum absolute atomic E-state index is 0.0569. The van der Waals surface area contributed by atoms with Crippen molar-refractivity contribution in [2.45, 2.75) is 25.5 Å². The van der Waals surface area contributed by atoms with Crippen LogP contribution in [0.3, 0.4) is 0 Å². The molecule has 0 N–H and O–H groups in total. The second-order valence-electron chi connectivity index (χ2n) is 3.05. The highest BCUT2D eigenvalue weighted by Gasteiger charge is 2.40. The number of rotatable bonds is 0. The van der Waals surface area contributed by atoms with Gasteiger partial charge in [-0.25, -0.2) is 4.79 Å². The fourth-order valence-corrected chi connectivity index (χ4v) is 1.53. The molecule has 2 unspecified atom stereocenters. The summed E-state index contributed by atoms with van der Waals surface area (Å²) in [4.78, 5) is 23.5. The molecule has 1 saturated heterocycles. The second kappa shape index (κ2) is 2.33. The van der Waals surface area contributed by atoms with Crippen LogP contribution in [0.5, 0.6) is 0 Å². The molecule has 64 valence electrons. The molecule has 2 aliphatic heterocycles. The molecule has 0 spiro atoms. The third-order valence-electron chi connectivity index (χ3n) is 2.23. The predicted molar refractivity (Wildman–Crippen MR) is 40.3 cm³/mol. The average Bonchev–Trinajstić information content (AvgIpc) is 2.28. The Morgan fingerprint density at radius 3 is 3.08 bits per heavy atom. The Kier molecular flexibility index (Phi) is 1.43. The number of hydrogen-bond donors (Lipinski definition) is 0. The van der Waals surface area contributed by atoms with Crippen molar-refractivity contribution in [2.75, 3.05) is 0 Å². The normalized spacial score (nSPS) is 33.6. The molecule has 2 aliphatic rings. The topological polar surface area (TPSA) is 46.6 Å². The van der Waals surface area contributed by atoms with E-state index in [4.69, 9.17) is 4.74 Å². The number of carbonyl (C=O) groups is 2. The maximum atomic E-state index is 11.1. The molecule has 2 rings (SSSR count). The maximum Gasteiger partial charge on any atom is 0.414 e. The standard InChI is InChI=1S/C8H9NO3/c1-5-7-4-6(10)2-3-9(7)8(11)12-5/h2-3,5,7H,4H2,1H3. The Balaban J connectivity index is 2.28. The van der Waals surface area contributed by atoms with E-state index in [0.717, 1.165) is 0 Å². The van der Waals surface area contributed by atoms with Gasteiger partial charge in [0.1, 0.15) is 6.10 Å². The summed E-state index contributed by atoms with van der Waals surface area (Å²) in [5.41, 5.74) is 0. The van der Waals surface area contributed by atoms with Crippen LogP contribution in [0.2, 0.25) is 0 Å². The van der Waals surface area contributed by atoms with Crippen LogP contribution >= 0.6 is 0 Å². The van der Waals surface area contributed by atoms with E-state index in [9.17, 15) is 9.59 Å². The first-order chi connectivity index (χ1) is 5.68. The molecule has 12 heavy (non-hydrogen) atoms. The summed E-state index contributed by atoms with van der Waals surface area (Å²) in [6.45, 7) is 1.80. The minimum atomic E-state index is -0.351. The van der Waals surface area contributed by atoms with Crippen molar-refractivity contribution < 1.29 is 14.3 Å². The van der Waals surface area contributed by atoms with Gasteiger partial charge in [0.05, 0.1) is 6.04 Å². The van der Waals surface area contributed by atoms with E-state index in [1.807, 2.05) is 0 Å². The third-order valence-corrected chi connectivity index (χ3v) is 2.23. The molecule has 1 fully saturated rings. The molecule has 0 bridgehead atoms. The van der Waals surface area contributed by atoms with Gasteiger partial charge in [-0.05, 0) is 13.0 Å². The fourth-order valence-electron chi connectivity index (χ4n) is 1.53. The summed E-state index contributed by atoms with van der Waals surface area (Å²) in [5.74, 6) is 0.0569. The molecule has 0 aromatic heterocycles. The molecule has 0 radical (unpaired) electrons. The Morgan fingerprint density at radius 1 is 1.58 bits per heavy atom. The Labute approximate surface area is 69.8 Å². The van der Waals surface area contributed by atoms with Crippen molar-refractivity contribution in [3.63, 3.8) is 0 Å². The van der Waals surface area contributed by atoms with Crippen LogP contribution in [0.4, 0.5) is 4.79 Å².